The number of nitrogens with zero attached hydrogens (tertiary/aromatic N) is 4. The van der Waals surface area contributed by atoms with Crippen LogP contribution in [0.3, 0.4) is 0 Å². The Balaban J connectivity index is 1.87. The summed E-state index contributed by atoms with van der Waals surface area (Å²) in [6.07, 6.45) is 3.50. The molecule has 0 fully saturated rings. The van der Waals surface area contributed by atoms with Crippen molar-refractivity contribution in [1.29, 1.82) is 0 Å². The van der Waals surface area contributed by atoms with Gasteiger partial charge < -0.3 is 4.90 Å². The van der Waals surface area contributed by atoms with Gasteiger partial charge in [0.2, 0.25) is 5.91 Å². The van der Waals surface area contributed by atoms with Crippen LogP contribution in [0.4, 0.5) is 0 Å². The van der Waals surface area contributed by atoms with Crippen molar-refractivity contribution in [3.05, 3.63) is 47.0 Å². The predicted molar refractivity (Wildman–Crippen MR) is 75.3 cm³/mol. The van der Waals surface area contributed by atoms with Crippen molar-refractivity contribution in [3.63, 3.8) is 0 Å². The van der Waals surface area contributed by atoms with Crippen LogP contribution in [0.5, 0.6) is 0 Å². The van der Waals surface area contributed by atoms with Crippen LogP contribution in [0, 0.1) is 0 Å². The predicted octanol–water partition coefficient (Wildman–Crippen LogP) is 2.09. The summed E-state index contributed by atoms with van der Waals surface area (Å²) in [6, 6.07) is 7.91. The molecule has 0 aliphatic carbocycles. The number of carbonyl (C=O) groups excluding carboxylic acids is 1. The summed E-state index contributed by atoms with van der Waals surface area (Å²) in [4.78, 5) is 17.6. The molecule has 1 aromatic carbocycles. The molecule has 0 bridgehead atoms. The zero-order chi connectivity index (χ0) is 13.7. The summed E-state index contributed by atoms with van der Waals surface area (Å²) in [5.74, 6) is 0.0891. The number of aryl methyl sites for hydroxylation is 1. The maximum absolute atomic E-state index is 12.0. The van der Waals surface area contributed by atoms with Crippen molar-refractivity contribution in [2.75, 3.05) is 7.05 Å². The number of carbonyl (C=O) groups is 1. The first-order valence-electron chi connectivity index (χ1n) is 5.96. The molecule has 0 aliphatic heterocycles. The van der Waals surface area contributed by atoms with Crippen LogP contribution < -0.4 is 0 Å². The molecule has 0 aliphatic rings. The van der Waals surface area contributed by atoms with Crippen molar-refractivity contribution < 1.29 is 4.79 Å². The molecule has 1 heterocycles. The van der Waals surface area contributed by atoms with E-state index in [0.29, 0.717) is 19.5 Å². The third kappa shape index (κ3) is 3.89. The number of hydrogen-bond donors (Lipinski definition) is 0. The molecule has 0 saturated heterocycles. The highest BCUT2D eigenvalue weighted by atomic mass is 79.9. The molecule has 5 nitrogen and oxygen atoms in total. The van der Waals surface area contributed by atoms with E-state index >= 15 is 0 Å². The molecule has 0 spiro atoms. The van der Waals surface area contributed by atoms with Gasteiger partial charge in [0.25, 0.3) is 0 Å². The summed E-state index contributed by atoms with van der Waals surface area (Å²) in [5.41, 5.74) is 1.10. The zero-order valence-electron chi connectivity index (χ0n) is 10.7. The third-order valence-corrected chi connectivity index (χ3v) is 3.59. The molecular weight excluding hydrogens is 308 g/mol. The molecule has 100 valence electrons. The van der Waals surface area contributed by atoms with Crippen LogP contribution in [0.25, 0.3) is 0 Å². The summed E-state index contributed by atoms with van der Waals surface area (Å²) in [7, 11) is 1.81. The zero-order valence-corrected chi connectivity index (χ0v) is 12.2. The van der Waals surface area contributed by atoms with Gasteiger partial charge in [-0.3, -0.25) is 9.48 Å². The molecule has 6 heteroatoms. The van der Waals surface area contributed by atoms with E-state index in [2.05, 4.69) is 26.0 Å². The molecule has 2 aromatic rings. The van der Waals surface area contributed by atoms with E-state index in [1.165, 1.54) is 6.33 Å². The molecule has 1 aromatic heterocycles. The molecular formula is C13H15BrN4O. The normalized spacial score (nSPS) is 10.4. The first-order valence-corrected chi connectivity index (χ1v) is 6.76. The van der Waals surface area contributed by atoms with Crippen LogP contribution in [-0.2, 0) is 17.9 Å². The second-order valence-electron chi connectivity index (χ2n) is 4.25. The number of benzene rings is 1. The summed E-state index contributed by atoms with van der Waals surface area (Å²) in [5, 5.41) is 3.97. The molecule has 2 rings (SSSR count). The van der Waals surface area contributed by atoms with Crippen LogP contribution in [0.15, 0.2) is 41.4 Å². The lowest BCUT2D eigenvalue weighted by Gasteiger charge is -2.18. The smallest absolute Gasteiger partial charge is 0.224 e. The fourth-order valence-corrected chi connectivity index (χ4v) is 2.13. The van der Waals surface area contributed by atoms with Gasteiger partial charge in [0.15, 0.2) is 0 Å². The number of halogens is 1. The Morgan fingerprint density at radius 1 is 1.42 bits per heavy atom. The Bertz CT molecular complexity index is 541. The van der Waals surface area contributed by atoms with Crippen LogP contribution in [0.1, 0.15) is 12.0 Å². The molecule has 0 atom stereocenters. The van der Waals surface area contributed by atoms with Gasteiger partial charge in [-0.2, -0.15) is 5.10 Å². The van der Waals surface area contributed by atoms with E-state index in [-0.39, 0.29) is 5.91 Å². The van der Waals surface area contributed by atoms with Gasteiger partial charge in [0, 0.05) is 24.5 Å². The van der Waals surface area contributed by atoms with Gasteiger partial charge in [0.05, 0.1) is 6.54 Å². The topological polar surface area (TPSA) is 51.0 Å². The van der Waals surface area contributed by atoms with E-state index in [1.807, 2.05) is 31.3 Å². The van der Waals surface area contributed by atoms with Gasteiger partial charge >= 0.3 is 0 Å². The Morgan fingerprint density at radius 3 is 2.89 bits per heavy atom. The maximum Gasteiger partial charge on any atom is 0.224 e. The minimum Gasteiger partial charge on any atom is -0.341 e. The summed E-state index contributed by atoms with van der Waals surface area (Å²) >= 11 is 3.48. The molecule has 0 saturated carbocycles. The van der Waals surface area contributed by atoms with Crippen molar-refractivity contribution in [1.82, 2.24) is 19.7 Å². The molecule has 0 radical (unpaired) electrons. The largest absolute Gasteiger partial charge is 0.341 e. The van der Waals surface area contributed by atoms with E-state index in [4.69, 9.17) is 0 Å². The fourth-order valence-electron chi connectivity index (χ4n) is 1.72. The number of aromatic nitrogens is 3. The summed E-state index contributed by atoms with van der Waals surface area (Å²) in [6.45, 7) is 1.15. The summed E-state index contributed by atoms with van der Waals surface area (Å²) < 4.78 is 2.68. The van der Waals surface area contributed by atoms with Crippen molar-refractivity contribution in [3.8, 4) is 0 Å². The highest BCUT2D eigenvalue weighted by Gasteiger charge is 2.10. The number of rotatable bonds is 5. The van der Waals surface area contributed by atoms with E-state index in [0.717, 1.165) is 10.0 Å². The Labute approximate surface area is 120 Å². The van der Waals surface area contributed by atoms with Crippen molar-refractivity contribution >= 4 is 21.8 Å². The van der Waals surface area contributed by atoms with Gasteiger partial charge in [-0.05, 0) is 11.6 Å². The lowest BCUT2D eigenvalue weighted by Crippen LogP contribution is -2.27. The van der Waals surface area contributed by atoms with Crippen molar-refractivity contribution in [2.45, 2.75) is 19.5 Å². The van der Waals surface area contributed by atoms with E-state index in [9.17, 15) is 4.79 Å². The van der Waals surface area contributed by atoms with Crippen molar-refractivity contribution in [2.24, 2.45) is 0 Å². The highest BCUT2D eigenvalue weighted by molar-refractivity contribution is 9.10. The fraction of sp³-hybridized carbons (Fsp3) is 0.308. The minimum absolute atomic E-state index is 0.0891. The first-order chi connectivity index (χ1) is 9.16. The second kappa shape index (κ2) is 6.47. The molecule has 0 unspecified atom stereocenters. The Morgan fingerprint density at radius 2 is 2.21 bits per heavy atom. The minimum atomic E-state index is 0.0891. The van der Waals surface area contributed by atoms with Gasteiger partial charge in [-0.25, -0.2) is 4.98 Å². The average Bonchev–Trinajstić information content (AvgIpc) is 2.91. The molecule has 0 N–H and O–H groups in total. The number of amides is 1. The van der Waals surface area contributed by atoms with Gasteiger partial charge in [0.1, 0.15) is 12.7 Å². The SMILES string of the molecule is CN(Cc1ccccc1Br)C(=O)CCn1cncn1. The Hall–Kier alpha value is -1.69. The average molecular weight is 323 g/mol. The lowest BCUT2D eigenvalue weighted by atomic mass is 10.2. The van der Waals surface area contributed by atoms with Gasteiger partial charge in [-0.15, -0.1) is 0 Å². The van der Waals surface area contributed by atoms with Gasteiger partial charge in [-0.1, -0.05) is 34.1 Å². The first kappa shape index (κ1) is 13.7. The molecule has 1 amide bonds. The number of hydrogen-bond acceptors (Lipinski definition) is 3. The van der Waals surface area contributed by atoms with E-state index in [1.54, 1.807) is 15.9 Å². The lowest BCUT2D eigenvalue weighted by molar-refractivity contribution is -0.130. The quantitative estimate of drug-likeness (QED) is 0.847. The second-order valence-corrected chi connectivity index (χ2v) is 5.10. The van der Waals surface area contributed by atoms with Crippen LogP contribution in [-0.4, -0.2) is 32.6 Å². The highest BCUT2D eigenvalue weighted by Crippen LogP contribution is 2.17. The van der Waals surface area contributed by atoms with Crippen LogP contribution >= 0.6 is 15.9 Å². The van der Waals surface area contributed by atoms with E-state index < -0.39 is 0 Å². The molecule has 19 heavy (non-hydrogen) atoms. The Kier molecular flexibility index (Phi) is 4.68. The third-order valence-electron chi connectivity index (χ3n) is 2.81. The maximum atomic E-state index is 12.0. The standard InChI is InChI=1S/C13H15BrN4O/c1-17(8-11-4-2-3-5-12(11)14)13(19)6-7-18-10-15-9-16-18/h2-5,9-10H,6-8H2,1H3. The monoisotopic (exact) mass is 322 g/mol. The van der Waals surface area contributed by atoms with Crippen LogP contribution in [0.2, 0.25) is 0 Å².